The number of aryl methyl sites for hydroxylation is 1. The second-order valence-corrected chi connectivity index (χ2v) is 6.01. The second kappa shape index (κ2) is 8.41. The fourth-order valence-corrected chi connectivity index (χ4v) is 2.81. The topological polar surface area (TPSA) is 34.0 Å². The highest BCUT2D eigenvalue weighted by Crippen LogP contribution is 2.11. The lowest BCUT2D eigenvalue weighted by molar-refractivity contribution is 0.260. The summed E-state index contributed by atoms with van der Waals surface area (Å²) in [5, 5.41) is 4.39. The van der Waals surface area contributed by atoms with Gasteiger partial charge < -0.3 is 0 Å². The maximum atomic E-state index is 4.39. The summed E-state index contributed by atoms with van der Waals surface area (Å²) in [5.41, 5.74) is 3.93. The molecule has 0 bridgehead atoms. The molecule has 1 aromatic carbocycles. The third-order valence-corrected chi connectivity index (χ3v) is 4.13. The van der Waals surface area contributed by atoms with Crippen LogP contribution >= 0.6 is 0 Å². The molecule has 3 aromatic rings. The predicted octanol–water partition coefficient (Wildman–Crippen LogP) is 3.54. The Hall–Kier alpha value is -2.46. The normalized spacial score (nSPS) is 11.1. The Bertz CT molecular complexity index is 722. The van der Waals surface area contributed by atoms with Gasteiger partial charge in [0.2, 0.25) is 0 Å². The van der Waals surface area contributed by atoms with Crippen LogP contribution in [0, 0.1) is 0 Å². The quantitative estimate of drug-likeness (QED) is 0.636. The minimum absolute atomic E-state index is 0.911. The fourth-order valence-electron chi connectivity index (χ4n) is 2.81. The minimum atomic E-state index is 0.911. The van der Waals surface area contributed by atoms with Crippen molar-refractivity contribution in [2.45, 2.75) is 33.0 Å². The van der Waals surface area contributed by atoms with Crippen LogP contribution < -0.4 is 0 Å². The third kappa shape index (κ3) is 4.77. The first-order chi connectivity index (χ1) is 11.8. The molecule has 4 heteroatoms. The van der Waals surface area contributed by atoms with Crippen LogP contribution in [0.4, 0.5) is 0 Å². The van der Waals surface area contributed by atoms with E-state index in [1.54, 1.807) is 0 Å². The molecule has 0 fully saturated rings. The SMILES string of the molecule is CCn1cc(CN(CCc2ccccc2)Cc2ccncc2)cn1. The lowest BCUT2D eigenvalue weighted by Crippen LogP contribution is -2.25. The number of aromatic nitrogens is 3. The van der Waals surface area contributed by atoms with Gasteiger partial charge in [-0.05, 0) is 36.6 Å². The maximum Gasteiger partial charge on any atom is 0.0534 e. The first-order valence-corrected chi connectivity index (χ1v) is 8.50. The van der Waals surface area contributed by atoms with Crippen LogP contribution in [0.25, 0.3) is 0 Å². The van der Waals surface area contributed by atoms with Crippen LogP contribution in [-0.4, -0.2) is 26.2 Å². The van der Waals surface area contributed by atoms with Gasteiger partial charge in [0, 0.05) is 50.3 Å². The molecule has 0 amide bonds. The molecule has 0 saturated heterocycles. The van der Waals surface area contributed by atoms with Crippen LogP contribution in [-0.2, 0) is 26.1 Å². The van der Waals surface area contributed by atoms with Gasteiger partial charge in [-0.1, -0.05) is 30.3 Å². The highest BCUT2D eigenvalue weighted by molar-refractivity contribution is 5.15. The average molecular weight is 320 g/mol. The summed E-state index contributed by atoms with van der Waals surface area (Å²) < 4.78 is 1.98. The van der Waals surface area contributed by atoms with E-state index in [1.807, 2.05) is 23.3 Å². The zero-order valence-electron chi connectivity index (χ0n) is 14.2. The van der Waals surface area contributed by atoms with Crippen LogP contribution in [0.15, 0.2) is 67.3 Å². The number of hydrogen-bond acceptors (Lipinski definition) is 3. The molecule has 0 aliphatic carbocycles. The van der Waals surface area contributed by atoms with E-state index >= 15 is 0 Å². The van der Waals surface area contributed by atoms with Crippen LogP contribution in [0.3, 0.4) is 0 Å². The van der Waals surface area contributed by atoms with Crippen molar-refractivity contribution in [1.29, 1.82) is 0 Å². The Labute approximate surface area is 143 Å². The summed E-state index contributed by atoms with van der Waals surface area (Å²) >= 11 is 0. The van der Waals surface area contributed by atoms with Gasteiger partial charge >= 0.3 is 0 Å². The van der Waals surface area contributed by atoms with Gasteiger partial charge in [-0.3, -0.25) is 14.6 Å². The van der Waals surface area contributed by atoms with Gasteiger partial charge in [-0.2, -0.15) is 5.10 Å². The largest absolute Gasteiger partial charge is 0.294 e. The molecular weight excluding hydrogens is 296 g/mol. The Balaban J connectivity index is 1.67. The Morgan fingerprint density at radius 2 is 1.67 bits per heavy atom. The van der Waals surface area contributed by atoms with Crippen molar-refractivity contribution in [3.63, 3.8) is 0 Å². The van der Waals surface area contributed by atoms with Crippen molar-refractivity contribution in [2.24, 2.45) is 0 Å². The van der Waals surface area contributed by atoms with Gasteiger partial charge in [0.1, 0.15) is 0 Å². The molecule has 0 unspecified atom stereocenters. The maximum absolute atomic E-state index is 4.39. The van der Waals surface area contributed by atoms with Crippen LogP contribution in [0.1, 0.15) is 23.6 Å². The molecule has 2 heterocycles. The third-order valence-electron chi connectivity index (χ3n) is 4.13. The zero-order valence-corrected chi connectivity index (χ0v) is 14.2. The Kier molecular flexibility index (Phi) is 5.75. The standard InChI is InChI=1S/C20H24N4/c1-2-24-17-20(14-22-24)16-23(15-19-8-11-21-12-9-19)13-10-18-6-4-3-5-7-18/h3-9,11-12,14,17H,2,10,13,15-16H2,1H3. The van der Waals surface area contributed by atoms with Crippen molar-refractivity contribution in [3.05, 3.63) is 83.9 Å². The number of rotatable bonds is 8. The van der Waals surface area contributed by atoms with Crippen molar-refractivity contribution in [1.82, 2.24) is 19.7 Å². The van der Waals surface area contributed by atoms with E-state index in [4.69, 9.17) is 0 Å². The van der Waals surface area contributed by atoms with Gasteiger partial charge in [-0.25, -0.2) is 0 Å². The lowest BCUT2D eigenvalue weighted by Gasteiger charge is -2.22. The summed E-state index contributed by atoms with van der Waals surface area (Å²) in [6, 6.07) is 14.8. The van der Waals surface area contributed by atoms with Crippen molar-refractivity contribution >= 4 is 0 Å². The number of nitrogens with zero attached hydrogens (tertiary/aromatic N) is 4. The highest BCUT2D eigenvalue weighted by atomic mass is 15.3. The van der Waals surface area contributed by atoms with E-state index in [-0.39, 0.29) is 0 Å². The van der Waals surface area contributed by atoms with E-state index < -0.39 is 0 Å². The molecule has 2 aromatic heterocycles. The van der Waals surface area contributed by atoms with E-state index in [2.05, 4.69) is 70.6 Å². The molecule has 0 atom stereocenters. The van der Waals surface area contributed by atoms with Gasteiger partial charge in [0.05, 0.1) is 6.20 Å². The van der Waals surface area contributed by atoms with Gasteiger partial charge in [0.15, 0.2) is 0 Å². The first kappa shape index (κ1) is 16.4. The monoisotopic (exact) mass is 320 g/mol. The molecule has 0 aliphatic rings. The smallest absolute Gasteiger partial charge is 0.0534 e. The Morgan fingerprint density at radius 1 is 0.917 bits per heavy atom. The fraction of sp³-hybridized carbons (Fsp3) is 0.300. The summed E-state index contributed by atoms with van der Waals surface area (Å²) in [6.45, 7) is 5.88. The lowest BCUT2D eigenvalue weighted by atomic mass is 10.1. The van der Waals surface area contributed by atoms with Gasteiger partial charge in [0.25, 0.3) is 0 Å². The average Bonchev–Trinajstić information content (AvgIpc) is 3.09. The predicted molar refractivity (Wildman–Crippen MR) is 96.4 cm³/mol. The van der Waals surface area contributed by atoms with Gasteiger partial charge in [-0.15, -0.1) is 0 Å². The number of pyridine rings is 1. The van der Waals surface area contributed by atoms with Crippen LogP contribution in [0.5, 0.6) is 0 Å². The Morgan fingerprint density at radius 3 is 2.38 bits per heavy atom. The molecule has 0 saturated carbocycles. The van der Waals surface area contributed by atoms with E-state index in [9.17, 15) is 0 Å². The summed E-state index contributed by atoms with van der Waals surface area (Å²) in [6.07, 6.45) is 8.89. The second-order valence-electron chi connectivity index (χ2n) is 6.01. The molecule has 0 spiro atoms. The summed E-state index contributed by atoms with van der Waals surface area (Å²) in [4.78, 5) is 6.58. The number of benzene rings is 1. The highest BCUT2D eigenvalue weighted by Gasteiger charge is 2.09. The molecule has 0 radical (unpaired) electrons. The van der Waals surface area contributed by atoms with E-state index in [1.165, 1.54) is 16.7 Å². The van der Waals surface area contributed by atoms with Crippen LogP contribution in [0.2, 0.25) is 0 Å². The number of hydrogen-bond donors (Lipinski definition) is 0. The molecular formula is C20H24N4. The molecule has 4 nitrogen and oxygen atoms in total. The summed E-state index contributed by atoms with van der Waals surface area (Å²) in [5.74, 6) is 0. The summed E-state index contributed by atoms with van der Waals surface area (Å²) in [7, 11) is 0. The van der Waals surface area contributed by atoms with Crippen molar-refractivity contribution < 1.29 is 0 Å². The van der Waals surface area contributed by atoms with E-state index in [0.717, 1.165) is 32.6 Å². The minimum Gasteiger partial charge on any atom is -0.294 e. The molecule has 124 valence electrons. The molecule has 3 rings (SSSR count). The zero-order chi connectivity index (χ0) is 16.6. The van der Waals surface area contributed by atoms with Crippen molar-refractivity contribution in [2.75, 3.05) is 6.54 Å². The van der Waals surface area contributed by atoms with E-state index in [0.29, 0.717) is 0 Å². The molecule has 24 heavy (non-hydrogen) atoms. The molecule has 0 aliphatic heterocycles. The molecule has 0 N–H and O–H groups in total. The first-order valence-electron chi connectivity index (χ1n) is 8.50. The van der Waals surface area contributed by atoms with Crippen molar-refractivity contribution in [3.8, 4) is 0 Å².